The molecule has 1 aromatic heterocycles. The monoisotopic (exact) mass is 356 g/mol. The molecule has 21 heavy (non-hydrogen) atoms. The minimum absolute atomic E-state index is 0.0912. The van der Waals surface area contributed by atoms with Crippen LogP contribution in [0.4, 0.5) is 11.5 Å². The normalized spacial score (nSPS) is 10.4. The van der Waals surface area contributed by atoms with E-state index in [1.807, 2.05) is 0 Å². The molecule has 2 rings (SSSR count). The number of methoxy groups -OCH3 is 1. The molecule has 0 spiro atoms. The quantitative estimate of drug-likeness (QED) is 0.600. The average molecular weight is 357 g/mol. The number of halogens is 1. The van der Waals surface area contributed by atoms with E-state index >= 15 is 0 Å². The standard InChI is InChI=1S/C11H9BrN4O5/c1-21-10-3-2-8(15(17)18)4-7(10)5-14-6-9(12)11(13-14)16(19)20/h2-4,6H,5H2,1H3. The second kappa shape index (κ2) is 5.87. The molecule has 2 aromatic rings. The van der Waals surface area contributed by atoms with Gasteiger partial charge in [0.1, 0.15) is 10.2 Å². The summed E-state index contributed by atoms with van der Waals surface area (Å²) in [5.74, 6) is 0.120. The van der Waals surface area contributed by atoms with Gasteiger partial charge in [0.15, 0.2) is 0 Å². The molecule has 1 aromatic carbocycles. The number of benzene rings is 1. The highest BCUT2D eigenvalue weighted by atomic mass is 79.9. The van der Waals surface area contributed by atoms with Crippen molar-refractivity contribution >= 4 is 27.4 Å². The Morgan fingerprint density at radius 3 is 2.57 bits per heavy atom. The number of nitro groups is 2. The van der Waals surface area contributed by atoms with E-state index in [1.54, 1.807) is 0 Å². The summed E-state index contributed by atoms with van der Waals surface area (Å²) >= 11 is 3.04. The van der Waals surface area contributed by atoms with Crippen molar-refractivity contribution in [2.24, 2.45) is 0 Å². The summed E-state index contributed by atoms with van der Waals surface area (Å²) in [5.41, 5.74) is 0.406. The molecule has 9 nitrogen and oxygen atoms in total. The van der Waals surface area contributed by atoms with Crippen LogP contribution in [-0.4, -0.2) is 26.7 Å². The van der Waals surface area contributed by atoms with Crippen LogP contribution in [0.3, 0.4) is 0 Å². The molecule has 0 saturated carbocycles. The van der Waals surface area contributed by atoms with E-state index in [1.165, 1.54) is 36.2 Å². The zero-order valence-corrected chi connectivity index (χ0v) is 12.3. The van der Waals surface area contributed by atoms with Gasteiger partial charge < -0.3 is 14.9 Å². The van der Waals surface area contributed by atoms with Gasteiger partial charge in [-0.15, -0.1) is 0 Å². The molecule has 0 atom stereocenters. The highest BCUT2D eigenvalue weighted by Gasteiger charge is 2.20. The Morgan fingerprint density at radius 2 is 2.05 bits per heavy atom. The van der Waals surface area contributed by atoms with Gasteiger partial charge in [0.25, 0.3) is 5.69 Å². The molecule has 1 heterocycles. The first kappa shape index (κ1) is 14.9. The predicted molar refractivity (Wildman–Crippen MR) is 75.3 cm³/mol. The highest BCUT2D eigenvalue weighted by Crippen LogP contribution is 2.27. The largest absolute Gasteiger partial charge is 0.496 e. The number of nitro benzene ring substituents is 1. The second-order valence-corrected chi connectivity index (χ2v) is 4.86. The van der Waals surface area contributed by atoms with Gasteiger partial charge in [-0.3, -0.25) is 10.1 Å². The van der Waals surface area contributed by atoms with Crippen LogP contribution in [-0.2, 0) is 6.54 Å². The molecule has 0 saturated heterocycles. The number of hydrogen-bond donors (Lipinski definition) is 0. The fraction of sp³-hybridized carbons (Fsp3) is 0.182. The van der Waals surface area contributed by atoms with Crippen molar-refractivity contribution in [3.05, 3.63) is 54.7 Å². The van der Waals surface area contributed by atoms with Crippen LogP contribution in [0.15, 0.2) is 28.9 Å². The number of rotatable bonds is 5. The number of non-ortho nitro benzene ring substituents is 1. The molecule has 110 valence electrons. The molecule has 0 N–H and O–H groups in total. The van der Waals surface area contributed by atoms with E-state index in [2.05, 4.69) is 21.0 Å². The lowest BCUT2D eigenvalue weighted by Gasteiger charge is -2.06. The summed E-state index contributed by atoms with van der Waals surface area (Å²) in [6.07, 6.45) is 1.43. The Labute approximate surface area is 126 Å². The molecule has 0 aliphatic carbocycles. The minimum atomic E-state index is -0.620. The lowest BCUT2D eigenvalue weighted by Crippen LogP contribution is -2.04. The Morgan fingerprint density at radius 1 is 1.33 bits per heavy atom. The predicted octanol–water partition coefficient (Wildman–Crippen LogP) is 2.52. The van der Waals surface area contributed by atoms with Crippen LogP contribution in [0, 0.1) is 20.2 Å². The van der Waals surface area contributed by atoms with Crippen LogP contribution in [0.1, 0.15) is 5.56 Å². The van der Waals surface area contributed by atoms with Crippen LogP contribution in [0.5, 0.6) is 5.75 Å². The lowest BCUT2D eigenvalue weighted by atomic mass is 10.2. The Bertz CT molecular complexity index is 715. The minimum Gasteiger partial charge on any atom is -0.496 e. The molecule has 0 unspecified atom stereocenters. The summed E-state index contributed by atoms with van der Waals surface area (Å²) in [4.78, 5) is 20.4. The third-order valence-electron chi connectivity index (χ3n) is 2.68. The molecular formula is C11H9BrN4O5. The third-order valence-corrected chi connectivity index (χ3v) is 3.24. The zero-order chi connectivity index (χ0) is 15.6. The molecular weight excluding hydrogens is 348 g/mol. The van der Waals surface area contributed by atoms with Gasteiger partial charge in [-0.2, -0.15) is 4.68 Å². The van der Waals surface area contributed by atoms with Crippen molar-refractivity contribution in [1.29, 1.82) is 0 Å². The third kappa shape index (κ3) is 3.16. The Kier molecular flexibility index (Phi) is 4.17. The van der Waals surface area contributed by atoms with Crippen molar-refractivity contribution in [2.75, 3.05) is 7.11 Å². The van der Waals surface area contributed by atoms with Gasteiger partial charge in [-0.05, 0) is 26.9 Å². The molecule has 0 bridgehead atoms. The van der Waals surface area contributed by atoms with E-state index in [0.717, 1.165) is 0 Å². The Hall–Kier alpha value is -2.49. The summed E-state index contributed by atoms with van der Waals surface area (Å²) < 4.78 is 6.67. The van der Waals surface area contributed by atoms with Crippen molar-refractivity contribution in [3.8, 4) is 5.75 Å². The van der Waals surface area contributed by atoms with Gasteiger partial charge in [0, 0.05) is 17.7 Å². The van der Waals surface area contributed by atoms with E-state index in [-0.39, 0.29) is 22.5 Å². The van der Waals surface area contributed by atoms with Gasteiger partial charge >= 0.3 is 5.82 Å². The maximum Gasteiger partial charge on any atom is 0.404 e. The molecule has 0 aliphatic rings. The van der Waals surface area contributed by atoms with Gasteiger partial charge in [-0.1, -0.05) is 0 Å². The number of nitrogens with zero attached hydrogens (tertiary/aromatic N) is 4. The summed E-state index contributed by atoms with van der Waals surface area (Å²) in [6.45, 7) is 0.108. The van der Waals surface area contributed by atoms with Crippen molar-refractivity contribution in [1.82, 2.24) is 9.78 Å². The van der Waals surface area contributed by atoms with Crippen LogP contribution in [0.25, 0.3) is 0 Å². The SMILES string of the molecule is COc1ccc([N+](=O)[O-])cc1Cn1cc(Br)c([N+](=O)[O-])n1. The first-order valence-corrected chi connectivity index (χ1v) is 6.40. The van der Waals surface area contributed by atoms with Crippen molar-refractivity contribution < 1.29 is 14.6 Å². The van der Waals surface area contributed by atoms with Gasteiger partial charge in [-0.25, -0.2) is 0 Å². The highest BCUT2D eigenvalue weighted by molar-refractivity contribution is 9.10. The van der Waals surface area contributed by atoms with Crippen LogP contribution >= 0.6 is 15.9 Å². The molecule has 10 heteroatoms. The van der Waals surface area contributed by atoms with E-state index in [9.17, 15) is 20.2 Å². The number of ether oxygens (including phenoxy) is 1. The summed E-state index contributed by atoms with van der Waals surface area (Å²) in [6, 6.07) is 4.14. The fourth-order valence-electron chi connectivity index (χ4n) is 1.77. The van der Waals surface area contributed by atoms with E-state index in [4.69, 9.17) is 4.74 Å². The van der Waals surface area contributed by atoms with Crippen LogP contribution in [0.2, 0.25) is 0 Å². The topological polar surface area (TPSA) is 113 Å². The first-order chi connectivity index (χ1) is 9.92. The van der Waals surface area contributed by atoms with E-state index in [0.29, 0.717) is 11.3 Å². The van der Waals surface area contributed by atoms with E-state index < -0.39 is 9.85 Å². The van der Waals surface area contributed by atoms with Crippen LogP contribution < -0.4 is 4.74 Å². The molecule has 0 fully saturated rings. The van der Waals surface area contributed by atoms with Crippen molar-refractivity contribution in [2.45, 2.75) is 6.54 Å². The second-order valence-electron chi connectivity index (χ2n) is 4.01. The first-order valence-electron chi connectivity index (χ1n) is 5.61. The maximum absolute atomic E-state index is 10.8. The molecule has 0 aliphatic heterocycles. The summed E-state index contributed by atoms with van der Waals surface area (Å²) in [5, 5.41) is 25.3. The molecule has 0 amide bonds. The zero-order valence-electron chi connectivity index (χ0n) is 10.7. The Balaban J connectivity index is 2.38. The summed E-state index contributed by atoms with van der Waals surface area (Å²) in [7, 11) is 1.44. The average Bonchev–Trinajstić information content (AvgIpc) is 2.79. The maximum atomic E-state index is 10.8. The molecule has 0 radical (unpaired) electrons. The number of aromatic nitrogens is 2. The smallest absolute Gasteiger partial charge is 0.404 e. The lowest BCUT2D eigenvalue weighted by molar-refractivity contribution is -0.390. The van der Waals surface area contributed by atoms with Gasteiger partial charge in [0.05, 0.1) is 29.9 Å². The number of hydrogen-bond acceptors (Lipinski definition) is 6. The van der Waals surface area contributed by atoms with Gasteiger partial charge in [0.2, 0.25) is 0 Å². The van der Waals surface area contributed by atoms with Crippen molar-refractivity contribution in [3.63, 3.8) is 0 Å². The fourth-order valence-corrected chi connectivity index (χ4v) is 2.23.